The first kappa shape index (κ1) is 22.1. The van der Waals surface area contributed by atoms with Crippen molar-refractivity contribution in [3.05, 3.63) is 57.8 Å². The molecular weight excluding hydrogens is 451 g/mol. The van der Waals surface area contributed by atoms with Crippen molar-refractivity contribution in [2.45, 2.75) is 11.7 Å². The number of anilines is 1. The molecule has 12 heteroatoms. The van der Waals surface area contributed by atoms with Crippen molar-refractivity contribution >= 4 is 52.4 Å². The summed E-state index contributed by atoms with van der Waals surface area (Å²) in [5.41, 5.74) is -3.25. The fraction of sp³-hybridized carbons (Fsp3) is 0.125. The van der Waals surface area contributed by atoms with Crippen molar-refractivity contribution in [2.75, 3.05) is 5.32 Å². The second-order valence-electron chi connectivity index (χ2n) is 5.14. The van der Waals surface area contributed by atoms with E-state index in [1.165, 1.54) is 0 Å². The van der Waals surface area contributed by atoms with Crippen LogP contribution in [-0.4, -0.2) is 23.7 Å². The Hall–Kier alpha value is -2.23. The summed E-state index contributed by atoms with van der Waals surface area (Å²) < 4.78 is 56.0. The highest BCUT2D eigenvalue weighted by atomic mass is 35.5. The summed E-state index contributed by atoms with van der Waals surface area (Å²) in [4.78, 5) is 23.8. The molecule has 2 N–H and O–H groups in total. The topological polar surface area (TPSA) is 67.4 Å². The Morgan fingerprint density at radius 1 is 1.07 bits per heavy atom. The number of alkyl halides is 4. The fourth-order valence-electron chi connectivity index (χ4n) is 1.86. The molecule has 0 bridgehead atoms. The van der Waals surface area contributed by atoms with Crippen LogP contribution >= 0.6 is 34.8 Å². The third-order valence-corrected chi connectivity index (χ3v) is 3.95. The molecule has 2 aromatic rings. The second-order valence-corrected chi connectivity index (χ2v) is 6.34. The fourth-order valence-corrected chi connectivity index (χ4v) is 2.38. The van der Waals surface area contributed by atoms with E-state index in [-0.39, 0.29) is 21.3 Å². The SMILES string of the molecule is O=C(NC(=O)c1ccc(F)cc1Cl)Nc1ccc(OC(F)(F)C(F)Cl)c(Cl)c1. The van der Waals surface area contributed by atoms with Crippen LogP contribution in [0.1, 0.15) is 10.4 Å². The van der Waals surface area contributed by atoms with Gasteiger partial charge in [-0.1, -0.05) is 34.8 Å². The Morgan fingerprint density at radius 2 is 1.75 bits per heavy atom. The van der Waals surface area contributed by atoms with E-state index in [0.29, 0.717) is 0 Å². The lowest BCUT2D eigenvalue weighted by Crippen LogP contribution is -2.34. The lowest BCUT2D eigenvalue weighted by atomic mass is 10.2. The molecule has 0 saturated heterocycles. The van der Waals surface area contributed by atoms with Crippen molar-refractivity contribution < 1.29 is 31.9 Å². The quantitative estimate of drug-likeness (QED) is 0.452. The Balaban J connectivity index is 2.04. The summed E-state index contributed by atoms with van der Waals surface area (Å²) in [5.74, 6) is -2.17. The van der Waals surface area contributed by atoms with Gasteiger partial charge in [-0.25, -0.2) is 13.6 Å². The zero-order valence-electron chi connectivity index (χ0n) is 13.4. The molecule has 1 atom stereocenters. The molecule has 2 rings (SSSR count). The van der Waals surface area contributed by atoms with Crippen LogP contribution in [0.4, 0.5) is 28.0 Å². The number of imide groups is 1. The Kier molecular flexibility index (Phi) is 6.97. The first-order valence-electron chi connectivity index (χ1n) is 7.21. The van der Waals surface area contributed by atoms with Crippen molar-refractivity contribution in [1.82, 2.24) is 5.32 Å². The van der Waals surface area contributed by atoms with E-state index in [4.69, 9.17) is 23.2 Å². The van der Waals surface area contributed by atoms with E-state index in [1.807, 2.05) is 5.32 Å². The van der Waals surface area contributed by atoms with Crippen LogP contribution in [0, 0.1) is 5.82 Å². The minimum atomic E-state index is -4.32. The van der Waals surface area contributed by atoms with Crippen molar-refractivity contribution in [1.29, 1.82) is 0 Å². The number of rotatable bonds is 5. The van der Waals surface area contributed by atoms with Crippen LogP contribution in [0.3, 0.4) is 0 Å². The number of benzene rings is 2. The van der Waals surface area contributed by atoms with Crippen LogP contribution in [0.5, 0.6) is 5.75 Å². The van der Waals surface area contributed by atoms with Gasteiger partial charge in [0.05, 0.1) is 15.6 Å². The summed E-state index contributed by atoms with van der Waals surface area (Å²) in [7, 11) is 0. The maximum atomic E-state index is 13.1. The third kappa shape index (κ3) is 5.63. The summed E-state index contributed by atoms with van der Waals surface area (Å²) in [6.45, 7) is 0. The van der Waals surface area contributed by atoms with Gasteiger partial charge in [-0.15, -0.1) is 0 Å². The summed E-state index contributed by atoms with van der Waals surface area (Å²) in [6.07, 6.45) is -4.32. The van der Waals surface area contributed by atoms with Gasteiger partial charge >= 0.3 is 12.1 Å². The smallest absolute Gasteiger partial charge is 0.428 e. The largest absolute Gasteiger partial charge is 0.444 e. The number of urea groups is 1. The van der Waals surface area contributed by atoms with Gasteiger partial charge in [-0.3, -0.25) is 10.1 Å². The highest BCUT2D eigenvalue weighted by Crippen LogP contribution is 2.34. The highest BCUT2D eigenvalue weighted by Gasteiger charge is 2.42. The molecule has 0 fully saturated rings. The first-order chi connectivity index (χ1) is 13.0. The van der Waals surface area contributed by atoms with E-state index in [1.54, 1.807) is 0 Å². The first-order valence-corrected chi connectivity index (χ1v) is 8.40. The standard InChI is InChI=1S/C16H9Cl3F4N2O3/c17-10-5-7(20)1-3-9(10)13(26)25-15(27)24-8-2-4-12(11(18)6-8)28-16(22,23)14(19)21/h1-6,14H,(H2,24,25,26,27). The predicted molar refractivity (Wildman–Crippen MR) is 95.7 cm³/mol. The van der Waals surface area contributed by atoms with Gasteiger partial charge in [-0.2, -0.15) is 8.78 Å². The lowest BCUT2D eigenvalue weighted by Gasteiger charge is -2.18. The average Bonchev–Trinajstić information content (AvgIpc) is 2.56. The number of halogens is 7. The molecule has 28 heavy (non-hydrogen) atoms. The molecule has 1 unspecified atom stereocenters. The molecule has 2 aromatic carbocycles. The van der Waals surface area contributed by atoms with Gasteiger partial charge in [0.1, 0.15) is 11.6 Å². The van der Waals surface area contributed by atoms with Crippen LogP contribution in [-0.2, 0) is 0 Å². The van der Waals surface area contributed by atoms with Gasteiger partial charge < -0.3 is 10.1 Å². The molecule has 0 aliphatic rings. The van der Waals surface area contributed by atoms with Gasteiger partial charge in [0.2, 0.25) is 0 Å². The van der Waals surface area contributed by atoms with Gasteiger partial charge in [-0.05, 0) is 36.4 Å². The summed E-state index contributed by atoms with van der Waals surface area (Å²) >= 11 is 16.1. The number of carbonyl (C=O) groups is 2. The van der Waals surface area contributed by atoms with E-state index >= 15 is 0 Å². The van der Waals surface area contributed by atoms with Crippen molar-refractivity contribution in [3.63, 3.8) is 0 Å². The highest BCUT2D eigenvalue weighted by molar-refractivity contribution is 6.34. The van der Waals surface area contributed by atoms with Crippen LogP contribution < -0.4 is 15.4 Å². The maximum absolute atomic E-state index is 13.1. The summed E-state index contributed by atoms with van der Waals surface area (Å²) in [5, 5.41) is 3.55. The molecule has 0 spiro atoms. The van der Waals surface area contributed by atoms with E-state index in [0.717, 1.165) is 36.4 Å². The predicted octanol–water partition coefficient (Wildman–Crippen LogP) is 5.60. The summed E-state index contributed by atoms with van der Waals surface area (Å²) in [6, 6.07) is 5.01. The van der Waals surface area contributed by atoms with Crippen LogP contribution in [0.25, 0.3) is 0 Å². The molecule has 3 amide bonds. The van der Waals surface area contributed by atoms with Crippen LogP contribution in [0.2, 0.25) is 10.0 Å². The van der Waals surface area contributed by atoms with E-state index < -0.39 is 35.2 Å². The lowest BCUT2D eigenvalue weighted by molar-refractivity contribution is -0.198. The number of amides is 3. The van der Waals surface area contributed by atoms with Gasteiger partial charge in [0, 0.05) is 5.69 Å². The zero-order chi connectivity index (χ0) is 21.1. The monoisotopic (exact) mass is 458 g/mol. The van der Waals surface area contributed by atoms with Gasteiger partial charge in [0.15, 0.2) is 0 Å². The number of nitrogens with one attached hydrogen (secondary N) is 2. The van der Waals surface area contributed by atoms with E-state index in [2.05, 4.69) is 21.7 Å². The number of hydrogen-bond acceptors (Lipinski definition) is 3. The number of carbonyl (C=O) groups excluding carboxylic acids is 2. The molecule has 0 heterocycles. The minimum Gasteiger partial charge on any atom is -0.428 e. The third-order valence-electron chi connectivity index (χ3n) is 3.09. The molecule has 0 aliphatic heterocycles. The van der Waals surface area contributed by atoms with Gasteiger partial charge in [0.25, 0.3) is 11.5 Å². The zero-order valence-corrected chi connectivity index (χ0v) is 15.7. The molecule has 5 nitrogen and oxygen atoms in total. The average molecular weight is 460 g/mol. The van der Waals surface area contributed by atoms with E-state index in [9.17, 15) is 27.2 Å². The Morgan fingerprint density at radius 3 is 2.32 bits per heavy atom. The maximum Gasteiger partial charge on any atom is 0.444 e. The van der Waals surface area contributed by atoms with Crippen LogP contribution in [0.15, 0.2) is 36.4 Å². The Bertz CT molecular complexity index is 913. The number of ether oxygens (including phenoxy) is 1. The molecular formula is C16H9Cl3F4N2O3. The van der Waals surface area contributed by atoms with Crippen molar-refractivity contribution in [3.8, 4) is 5.75 Å². The normalized spacial score (nSPS) is 12.2. The van der Waals surface area contributed by atoms with Crippen molar-refractivity contribution in [2.24, 2.45) is 0 Å². The molecule has 0 aromatic heterocycles. The Labute approximate surface area is 170 Å². The second kappa shape index (κ2) is 8.85. The molecule has 0 aliphatic carbocycles. The molecule has 0 saturated carbocycles. The molecule has 0 radical (unpaired) electrons. The minimum absolute atomic E-state index is 0.00107. The molecule has 150 valence electrons. The number of hydrogen-bond donors (Lipinski definition) is 2.